The fraction of sp³-hybridized carbons (Fsp3) is 0.167. The van der Waals surface area contributed by atoms with E-state index in [2.05, 4.69) is 19.9 Å². The summed E-state index contributed by atoms with van der Waals surface area (Å²) in [6.45, 7) is 4.35. The van der Waals surface area contributed by atoms with Crippen molar-refractivity contribution in [1.29, 1.82) is 0 Å². The highest BCUT2D eigenvalue weighted by Gasteiger charge is 2.22. The standard InChI is InChI=1S/C24H20Cl2N2O2S/c1-15-8-11-21-23(16(15)2)27-24(31-21)28(13-17-6-4-3-5-7-17)22(29)14-30-20-10-9-18(25)12-19(20)26/h3-12H,13-14H2,1-2H3. The Bertz CT molecular complexity index is 1240. The summed E-state index contributed by atoms with van der Waals surface area (Å²) in [6.07, 6.45) is 0. The average molecular weight is 471 g/mol. The van der Waals surface area contributed by atoms with Gasteiger partial charge in [0.05, 0.1) is 21.8 Å². The molecule has 4 rings (SSSR count). The van der Waals surface area contributed by atoms with Crippen LogP contribution in [-0.4, -0.2) is 17.5 Å². The molecule has 0 aliphatic carbocycles. The smallest absolute Gasteiger partial charge is 0.267 e. The van der Waals surface area contributed by atoms with Gasteiger partial charge in [0.25, 0.3) is 5.91 Å². The van der Waals surface area contributed by atoms with E-state index in [0.717, 1.165) is 21.3 Å². The van der Waals surface area contributed by atoms with Gasteiger partial charge in [-0.2, -0.15) is 0 Å². The predicted octanol–water partition coefficient (Wildman–Crippen LogP) is 6.83. The summed E-state index contributed by atoms with van der Waals surface area (Å²) in [7, 11) is 0. The van der Waals surface area contributed by atoms with E-state index in [4.69, 9.17) is 32.9 Å². The summed E-state index contributed by atoms with van der Waals surface area (Å²) in [6, 6.07) is 18.9. The molecule has 0 aliphatic heterocycles. The minimum Gasteiger partial charge on any atom is -0.482 e. The number of hydrogen-bond donors (Lipinski definition) is 0. The van der Waals surface area contributed by atoms with Crippen molar-refractivity contribution in [3.05, 3.63) is 87.4 Å². The van der Waals surface area contributed by atoms with Crippen LogP contribution in [0, 0.1) is 13.8 Å². The van der Waals surface area contributed by atoms with Crippen LogP contribution in [0.3, 0.4) is 0 Å². The molecule has 0 spiro atoms. The predicted molar refractivity (Wildman–Crippen MR) is 129 cm³/mol. The van der Waals surface area contributed by atoms with E-state index < -0.39 is 0 Å². The van der Waals surface area contributed by atoms with E-state index in [1.807, 2.05) is 36.4 Å². The third kappa shape index (κ3) is 4.85. The molecule has 0 saturated heterocycles. The molecule has 0 fully saturated rings. The molecular weight excluding hydrogens is 451 g/mol. The number of halogens is 2. The van der Waals surface area contributed by atoms with Gasteiger partial charge in [-0.3, -0.25) is 9.69 Å². The quantitative estimate of drug-likeness (QED) is 0.310. The van der Waals surface area contributed by atoms with Crippen molar-refractivity contribution >= 4 is 55.8 Å². The summed E-state index contributed by atoms with van der Waals surface area (Å²) < 4.78 is 6.75. The zero-order valence-corrected chi connectivity index (χ0v) is 19.4. The van der Waals surface area contributed by atoms with Crippen LogP contribution in [0.25, 0.3) is 10.2 Å². The number of benzene rings is 3. The van der Waals surface area contributed by atoms with Gasteiger partial charge >= 0.3 is 0 Å². The maximum atomic E-state index is 13.2. The Labute approximate surface area is 195 Å². The van der Waals surface area contributed by atoms with Crippen LogP contribution >= 0.6 is 34.5 Å². The molecule has 0 aliphatic rings. The molecular formula is C24H20Cl2N2O2S. The van der Waals surface area contributed by atoms with E-state index in [9.17, 15) is 4.79 Å². The topological polar surface area (TPSA) is 42.4 Å². The minimum atomic E-state index is -0.205. The van der Waals surface area contributed by atoms with Gasteiger partial charge in [0.15, 0.2) is 11.7 Å². The summed E-state index contributed by atoms with van der Waals surface area (Å²) in [4.78, 5) is 19.7. The third-order valence-electron chi connectivity index (χ3n) is 5.03. The zero-order valence-electron chi connectivity index (χ0n) is 17.1. The normalized spacial score (nSPS) is 11.0. The van der Waals surface area contributed by atoms with E-state index in [-0.39, 0.29) is 12.5 Å². The van der Waals surface area contributed by atoms with Gasteiger partial charge in [0.2, 0.25) is 0 Å². The van der Waals surface area contributed by atoms with E-state index in [0.29, 0.717) is 27.5 Å². The molecule has 7 heteroatoms. The molecule has 0 saturated carbocycles. The van der Waals surface area contributed by atoms with Gasteiger partial charge in [-0.05, 0) is 54.8 Å². The van der Waals surface area contributed by atoms with Gasteiger partial charge in [-0.25, -0.2) is 4.98 Å². The third-order valence-corrected chi connectivity index (χ3v) is 6.61. The van der Waals surface area contributed by atoms with Crippen LogP contribution in [0.5, 0.6) is 5.75 Å². The number of fused-ring (bicyclic) bond motifs is 1. The van der Waals surface area contributed by atoms with E-state index in [1.54, 1.807) is 23.1 Å². The van der Waals surface area contributed by atoms with Crippen molar-refractivity contribution in [2.24, 2.45) is 0 Å². The molecule has 1 heterocycles. The lowest BCUT2D eigenvalue weighted by atomic mass is 10.1. The molecule has 0 atom stereocenters. The van der Waals surface area contributed by atoms with E-state index >= 15 is 0 Å². The SMILES string of the molecule is Cc1ccc2sc(N(Cc3ccccc3)C(=O)COc3ccc(Cl)cc3Cl)nc2c1C. The molecule has 0 bridgehead atoms. The Balaban J connectivity index is 1.64. The number of aromatic nitrogens is 1. The highest BCUT2D eigenvalue weighted by Crippen LogP contribution is 2.33. The second kappa shape index (κ2) is 9.27. The lowest BCUT2D eigenvalue weighted by Gasteiger charge is -2.20. The maximum Gasteiger partial charge on any atom is 0.267 e. The van der Waals surface area contributed by atoms with Gasteiger partial charge in [-0.1, -0.05) is 70.9 Å². The molecule has 4 nitrogen and oxygen atoms in total. The molecule has 1 aromatic heterocycles. The molecule has 0 radical (unpaired) electrons. The van der Waals surface area contributed by atoms with Crippen LogP contribution in [0.2, 0.25) is 10.0 Å². The molecule has 31 heavy (non-hydrogen) atoms. The minimum absolute atomic E-state index is 0.165. The van der Waals surface area contributed by atoms with Crippen molar-refractivity contribution < 1.29 is 9.53 Å². The zero-order chi connectivity index (χ0) is 22.0. The largest absolute Gasteiger partial charge is 0.482 e. The molecule has 1 amide bonds. The Morgan fingerprint density at radius 2 is 1.84 bits per heavy atom. The van der Waals surface area contributed by atoms with Gasteiger partial charge in [0, 0.05) is 5.02 Å². The number of anilines is 1. The first-order valence-electron chi connectivity index (χ1n) is 9.71. The number of ether oxygens (including phenoxy) is 1. The number of rotatable bonds is 6. The summed E-state index contributed by atoms with van der Waals surface area (Å²) >= 11 is 13.6. The van der Waals surface area contributed by atoms with Crippen LogP contribution in [-0.2, 0) is 11.3 Å². The van der Waals surface area contributed by atoms with Crippen LogP contribution in [0.1, 0.15) is 16.7 Å². The molecule has 3 aromatic carbocycles. The Morgan fingerprint density at radius 1 is 1.06 bits per heavy atom. The Morgan fingerprint density at radius 3 is 2.58 bits per heavy atom. The number of carbonyl (C=O) groups excluding carboxylic acids is 1. The monoisotopic (exact) mass is 470 g/mol. The van der Waals surface area contributed by atoms with Crippen molar-refractivity contribution in [3.8, 4) is 5.75 Å². The number of amides is 1. The molecule has 0 N–H and O–H groups in total. The second-order valence-corrected chi connectivity index (χ2v) is 9.03. The molecule has 158 valence electrons. The Kier molecular flexibility index (Phi) is 6.46. The van der Waals surface area contributed by atoms with Crippen molar-refractivity contribution in [3.63, 3.8) is 0 Å². The first-order chi connectivity index (χ1) is 14.9. The average Bonchev–Trinajstić information content (AvgIpc) is 3.19. The number of thiazole rings is 1. The fourth-order valence-electron chi connectivity index (χ4n) is 3.17. The summed E-state index contributed by atoms with van der Waals surface area (Å²) in [5.74, 6) is 0.207. The lowest BCUT2D eigenvalue weighted by molar-refractivity contribution is -0.120. The van der Waals surface area contributed by atoms with Crippen molar-refractivity contribution in [2.75, 3.05) is 11.5 Å². The van der Waals surface area contributed by atoms with Crippen molar-refractivity contribution in [1.82, 2.24) is 4.98 Å². The number of carbonyl (C=O) groups is 1. The number of nitrogens with zero attached hydrogens (tertiary/aromatic N) is 2. The van der Waals surface area contributed by atoms with Crippen LogP contribution < -0.4 is 9.64 Å². The Hall–Kier alpha value is -2.60. The second-order valence-electron chi connectivity index (χ2n) is 7.18. The first-order valence-corrected chi connectivity index (χ1v) is 11.3. The molecule has 4 aromatic rings. The number of aryl methyl sites for hydroxylation is 2. The maximum absolute atomic E-state index is 13.2. The highest BCUT2D eigenvalue weighted by atomic mass is 35.5. The number of hydrogen-bond acceptors (Lipinski definition) is 4. The van der Waals surface area contributed by atoms with Crippen LogP contribution in [0.4, 0.5) is 5.13 Å². The molecule has 0 unspecified atom stereocenters. The summed E-state index contributed by atoms with van der Waals surface area (Å²) in [5, 5.41) is 1.51. The van der Waals surface area contributed by atoms with Gasteiger partial charge in [-0.15, -0.1) is 0 Å². The summed E-state index contributed by atoms with van der Waals surface area (Å²) in [5.41, 5.74) is 4.22. The van der Waals surface area contributed by atoms with Gasteiger partial charge in [0.1, 0.15) is 5.75 Å². The van der Waals surface area contributed by atoms with Crippen molar-refractivity contribution in [2.45, 2.75) is 20.4 Å². The fourth-order valence-corrected chi connectivity index (χ4v) is 4.67. The van der Waals surface area contributed by atoms with E-state index in [1.165, 1.54) is 16.9 Å². The van der Waals surface area contributed by atoms with Crippen LogP contribution in [0.15, 0.2) is 60.7 Å². The first kappa shape index (κ1) is 21.6. The highest BCUT2D eigenvalue weighted by molar-refractivity contribution is 7.22. The lowest BCUT2D eigenvalue weighted by Crippen LogP contribution is -2.34. The van der Waals surface area contributed by atoms with Gasteiger partial charge < -0.3 is 4.74 Å².